The van der Waals surface area contributed by atoms with Gasteiger partial charge in [-0.3, -0.25) is 0 Å². The Hall–Kier alpha value is -3.87. The van der Waals surface area contributed by atoms with Crippen molar-refractivity contribution in [3.05, 3.63) is 102 Å². The van der Waals surface area contributed by atoms with Crippen molar-refractivity contribution in [1.82, 2.24) is 0 Å². The number of para-hydroxylation sites is 1. The summed E-state index contributed by atoms with van der Waals surface area (Å²) >= 11 is 0. The first-order chi connectivity index (χ1) is 15.0. The van der Waals surface area contributed by atoms with Crippen molar-refractivity contribution in [1.29, 1.82) is 5.39 Å². The van der Waals surface area contributed by atoms with Crippen LogP contribution in [-0.4, -0.2) is 15.5 Å². The van der Waals surface area contributed by atoms with Gasteiger partial charge in [-0.1, -0.05) is 55.1 Å². The Morgan fingerprint density at radius 1 is 1.00 bits per heavy atom. The van der Waals surface area contributed by atoms with Crippen LogP contribution < -0.4 is 10.1 Å². The number of benzene rings is 3. The van der Waals surface area contributed by atoms with Gasteiger partial charge in [0, 0.05) is 23.5 Å². The van der Waals surface area contributed by atoms with Crippen LogP contribution in [0.15, 0.2) is 91.7 Å². The van der Waals surface area contributed by atoms with Crippen LogP contribution in [0.5, 0.6) is 5.75 Å². The van der Waals surface area contributed by atoms with Gasteiger partial charge >= 0.3 is 16.1 Å². The molecule has 0 radical (unpaired) electrons. The lowest BCUT2D eigenvalue weighted by atomic mass is 10.2. The minimum atomic E-state index is -3.95. The second kappa shape index (κ2) is 12.0. The van der Waals surface area contributed by atoms with Crippen LogP contribution in [0.1, 0.15) is 5.56 Å². The highest BCUT2D eigenvalue weighted by Crippen LogP contribution is 2.31. The van der Waals surface area contributed by atoms with Crippen molar-refractivity contribution in [3.8, 4) is 5.75 Å². The molecule has 3 aromatic carbocycles. The minimum Gasteiger partial charge on any atom is -0.489 e. The third kappa shape index (κ3) is 8.18. The summed E-state index contributed by atoms with van der Waals surface area (Å²) in [5, 5.41) is 12.0. The fourth-order valence-electron chi connectivity index (χ4n) is 2.35. The lowest BCUT2D eigenvalue weighted by Gasteiger charge is -2.06. The molecule has 0 fully saturated rings. The molecule has 0 unspecified atom stereocenters. The predicted octanol–water partition coefficient (Wildman–Crippen LogP) is 5.53. The fraction of sp³-hybridized carbons (Fsp3) is 0.0909. The number of anilines is 2. The van der Waals surface area contributed by atoms with Crippen LogP contribution in [0.3, 0.4) is 0 Å². The molecule has 8 nitrogen and oxygen atoms in total. The minimum absolute atomic E-state index is 0.0446. The highest BCUT2D eigenvalue weighted by atomic mass is 32.3. The van der Waals surface area contributed by atoms with Crippen molar-refractivity contribution >= 4 is 27.5 Å². The second-order valence-electron chi connectivity index (χ2n) is 5.90. The number of diazo groups is 1. The van der Waals surface area contributed by atoms with Gasteiger partial charge in [0.2, 0.25) is 11.1 Å². The van der Waals surface area contributed by atoms with Crippen molar-refractivity contribution in [2.75, 3.05) is 12.4 Å². The summed E-state index contributed by atoms with van der Waals surface area (Å²) < 4.78 is 35.6. The Morgan fingerprint density at radius 3 is 2.23 bits per heavy atom. The Balaban J connectivity index is 0.000000225. The average Bonchev–Trinajstić information content (AvgIpc) is 2.79. The van der Waals surface area contributed by atoms with Crippen molar-refractivity contribution < 1.29 is 21.5 Å². The van der Waals surface area contributed by atoms with E-state index in [9.17, 15) is 8.42 Å². The molecular formula is C22H22N3O5S+. The molecule has 3 rings (SSSR count). The molecule has 0 atom stereocenters. The fourth-order valence-corrected chi connectivity index (χ4v) is 2.85. The molecule has 0 aliphatic carbocycles. The molecule has 160 valence electrons. The molecule has 0 saturated heterocycles. The quantitative estimate of drug-likeness (QED) is 0.363. The van der Waals surface area contributed by atoms with Gasteiger partial charge in [-0.15, -0.1) is 0 Å². The van der Waals surface area contributed by atoms with E-state index in [0.29, 0.717) is 11.4 Å². The topological polar surface area (TPSA) is 102 Å². The summed E-state index contributed by atoms with van der Waals surface area (Å²) in [5.74, 6) is 0.522. The Bertz CT molecular complexity index is 1110. The summed E-state index contributed by atoms with van der Waals surface area (Å²) in [6.45, 7) is 3.07. The predicted molar refractivity (Wildman–Crippen MR) is 119 cm³/mol. The molecule has 0 bridgehead atoms. The lowest BCUT2D eigenvalue weighted by Crippen LogP contribution is -2.06. The molecule has 31 heavy (non-hydrogen) atoms. The summed E-state index contributed by atoms with van der Waals surface area (Å²) in [4.78, 5) is 3.14. The molecule has 0 aliphatic heterocycles. The van der Waals surface area contributed by atoms with E-state index in [1.54, 1.807) is 36.4 Å². The van der Waals surface area contributed by atoms with Crippen molar-refractivity contribution in [2.24, 2.45) is 0 Å². The molecule has 0 spiro atoms. The van der Waals surface area contributed by atoms with E-state index in [4.69, 9.17) is 10.1 Å². The monoisotopic (exact) mass is 440 g/mol. The molecule has 0 aromatic heterocycles. The SMILES string of the molecule is C=COS(=O)(=O)OCc1ccccc1.COc1cc(Nc2ccccc2)ccc1[N+]#N. The molecule has 3 aromatic rings. The first kappa shape index (κ1) is 23.4. The molecule has 1 N–H and O–H groups in total. The molecule has 0 amide bonds. The number of ether oxygens (including phenoxy) is 1. The van der Waals surface area contributed by atoms with Crippen LogP contribution in [0.4, 0.5) is 17.1 Å². The van der Waals surface area contributed by atoms with Crippen LogP contribution in [0.2, 0.25) is 0 Å². The molecule has 0 aliphatic rings. The van der Waals surface area contributed by atoms with Crippen molar-refractivity contribution in [3.63, 3.8) is 0 Å². The van der Waals surface area contributed by atoms with Gasteiger partial charge in [0.25, 0.3) is 0 Å². The third-order valence-corrected chi connectivity index (χ3v) is 4.53. The van der Waals surface area contributed by atoms with E-state index in [1.165, 1.54) is 7.11 Å². The second-order valence-corrected chi connectivity index (χ2v) is 7.14. The maximum atomic E-state index is 10.9. The maximum absolute atomic E-state index is 10.9. The van der Waals surface area contributed by atoms with E-state index in [0.717, 1.165) is 23.2 Å². The number of rotatable bonds is 8. The highest BCUT2D eigenvalue weighted by Gasteiger charge is 2.14. The molecular weight excluding hydrogens is 418 g/mol. The van der Waals surface area contributed by atoms with Gasteiger partial charge in [-0.25, -0.2) is 4.18 Å². The molecule has 0 saturated carbocycles. The zero-order chi connectivity index (χ0) is 22.5. The summed E-state index contributed by atoms with van der Waals surface area (Å²) in [7, 11) is -2.41. The van der Waals surface area contributed by atoms with E-state index >= 15 is 0 Å². The summed E-state index contributed by atoms with van der Waals surface area (Å²) in [5.41, 5.74) is 3.03. The Kier molecular flexibility index (Phi) is 9.04. The first-order valence-electron chi connectivity index (χ1n) is 9.05. The number of methoxy groups -OCH3 is 1. The van der Waals surface area contributed by atoms with Crippen LogP contribution in [0.25, 0.3) is 4.98 Å². The van der Waals surface area contributed by atoms with E-state index < -0.39 is 10.4 Å². The van der Waals surface area contributed by atoms with Gasteiger partial charge in [0.05, 0.1) is 13.7 Å². The molecule has 9 heteroatoms. The molecule has 0 heterocycles. The average molecular weight is 441 g/mol. The number of nitrogens with one attached hydrogen (secondary N) is 1. The van der Waals surface area contributed by atoms with Gasteiger partial charge in [0.15, 0.2) is 4.98 Å². The smallest absolute Gasteiger partial charge is 0.448 e. The van der Waals surface area contributed by atoms with Crippen LogP contribution in [-0.2, 0) is 25.4 Å². The van der Waals surface area contributed by atoms with E-state index in [-0.39, 0.29) is 6.61 Å². The van der Waals surface area contributed by atoms with Gasteiger partial charge in [0.1, 0.15) is 6.26 Å². The zero-order valence-electron chi connectivity index (χ0n) is 16.8. The highest BCUT2D eigenvalue weighted by molar-refractivity contribution is 7.81. The van der Waals surface area contributed by atoms with Gasteiger partial charge in [-0.05, 0) is 23.8 Å². The number of hydrogen-bond acceptors (Lipinski definition) is 7. The van der Waals surface area contributed by atoms with E-state index in [1.807, 2.05) is 42.5 Å². The summed E-state index contributed by atoms with van der Waals surface area (Å²) in [6.07, 6.45) is 0.806. The number of hydrogen-bond donors (Lipinski definition) is 1. The normalized spacial score (nSPS) is 10.1. The number of nitrogens with zero attached hydrogens (tertiary/aromatic N) is 2. The first-order valence-corrected chi connectivity index (χ1v) is 10.4. The van der Waals surface area contributed by atoms with Crippen molar-refractivity contribution in [2.45, 2.75) is 6.61 Å². The van der Waals surface area contributed by atoms with E-state index in [2.05, 4.69) is 25.2 Å². The standard InChI is InChI=1S/C13H12N3O.C9H10O4S/c1-17-13-9-11(7-8-12(13)16-14)15-10-5-3-2-4-6-10;1-2-12-14(10,11)13-8-9-6-4-3-5-7-9/h2-9,15H,1H3;2-7H,1,8H2/q+1;. The largest absolute Gasteiger partial charge is 0.489 e. The van der Waals surface area contributed by atoms with Gasteiger partial charge in [-0.2, -0.15) is 8.42 Å². The van der Waals surface area contributed by atoms with Gasteiger partial charge < -0.3 is 14.2 Å². The third-order valence-electron chi connectivity index (χ3n) is 3.75. The Labute approximate surface area is 181 Å². The summed E-state index contributed by atoms with van der Waals surface area (Å²) in [6, 6.07) is 24.0. The lowest BCUT2D eigenvalue weighted by molar-refractivity contribution is 0.250. The zero-order valence-corrected chi connectivity index (χ0v) is 17.7. The van der Waals surface area contributed by atoms with Crippen LogP contribution in [0, 0.1) is 5.39 Å². The maximum Gasteiger partial charge on any atom is 0.448 e. The Morgan fingerprint density at radius 2 is 1.65 bits per heavy atom. The van der Waals surface area contributed by atoms with Crippen LogP contribution >= 0.6 is 0 Å².